The summed E-state index contributed by atoms with van der Waals surface area (Å²) < 4.78 is 1.64. The Kier molecular flexibility index (Phi) is 5.31. The zero-order valence-corrected chi connectivity index (χ0v) is 15.5. The maximum absolute atomic E-state index is 13.1. The van der Waals surface area contributed by atoms with E-state index in [9.17, 15) is 19.2 Å². The van der Waals surface area contributed by atoms with Gasteiger partial charge in [0.25, 0.3) is 22.9 Å². The monoisotopic (exact) mass is 374 g/mol. The molecule has 0 fully saturated rings. The van der Waals surface area contributed by atoms with E-state index in [-0.39, 0.29) is 21.8 Å². The van der Waals surface area contributed by atoms with Gasteiger partial charge in [0.15, 0.2) is 0 Å². The fourth-order valence-electron chi connectivity index (χ4n) is 2.97. The molecule has 0 aliphatic carbocycles. The van der Waals surface area contributed by atoms with Crippen molar-refractivity contribution < 1.29 is 9.59 Å². The number of hydrogen-bond donors (Lipinski definition) is 0. The quantitative estimate of drug-likeness (QED) is 0.670. The highest BCUT2D eigenvalue weighted by Crippen LogP contribution is 2.00. The maximum atomic E-state index is 13.1. The molecule has 0 amide bonds. The van der Waals surface area contributed by atoms with Gasteiger partial charge in [-0.05, 0) is 38.1 Å². The van der Waals surface area contributed by atoms with E-state index in [1.165, 1.54) is 26.0 Å². The molecule has 0 spiro atoms. The lowest BCUT2D eigenvalue weighted by molar-refractivity contribution is 0.0926. The van der Waals surface area contributed by atoms with Gasteiger partial charge in [-0.3, -0.25) is 19.2 Å². The molecule has 3 rings (SSSR count). The number of carbonyl (C=O) groups excluding carboxylic acids is 2. The van der Waals surface area contributed by atoms with E-state index in [0.717, 1.165) is 9.13 Å². The number of benzene rings is 2. The Morgan fingerprint density at radius 1 is 0.643 bits per heavy atom. The Morgan fingerprint density at radius 3 is 1.25 bits per heavy atom. The predicted octanol–water partition coefficient (Wildman–Crippen LogP) is 0.988. The van der Waals surface area contributed by atoms with Crippen LogP contribution < -0.4 is 21.8 Å². The van der Waals surface area contributed by atoms with Crippen LogP contribution in [0.5, 0.6) is 0 Å². The van der Waals surface area contributed by atoms with Gasteiger partial charge < -0.3 is 0 Å². The van der Waals surface area contributed by atoms with Crippen LogP contribution in [0, 0.1) is 0 Å². The first kappa shape index (κ1) is 19.0. The summed E-state index contributed by atoms with van der Waals surface area (Å²) in [6, 6.07) is 16.4. The maximum Gasteiger partial charge on any atom is 0.282 e. The largest absolute Gasteiger partial charge is 0.282 e. The second-order valence-electron chi connectivity index (χ2n) is 5.97. The first-order chi connectivity index (χ1) is 13.5. The normalized spacial score (nSPS) is 12.2. The first-order valence-corrected chi connectivity index (χ1v) is 8.71. The van der Waals surface area contributed by atoms with Crippen molar-refractivity contribution in [3.8, 4) is 0 Å². The molecule has 6 nitrogen and oxygen atoms in total. The van der Waals surface area contributed by atoms with Crippen molar-refractivity contribution in [1.29, 1.82) is 0 Å². The minimum Gasteiger partial charge on any atom is -0.268 e. The summed E-state index contributed by atoms with van der Waals surface area (Å²) >= 11 is 0. The van der Waals surface area contributed by atoms with E-state index in [1.807, 2.05) is 0 Å². The molecule has 0 saturated heterocycles. The summed E-state index contributed by atoms with van der Waals surface area (Å²) in [5.41, 5.74) is -0.927. The van der Waals surface area contributed by atoms with Gasteiger partial charge in [-0.2, -0.15) is 0 Å². The summed E-state index contributed by atoms with van der Waals surface area (Å²) in [4.78, 5) is 52.0. The highest BCUT2D eigenvalue weighted by atomic mass is 16.2. The van der Waals surface area contributed by atoms with Crippen molar-refractivity contribution in [2.24, 2.45) is 0 Å². The summed E-state index contributed by atoms with van der Waals surface area (Å²) in [5.74, 6) is -1.25. The molecule has 1 heterocycles. The van der Waals surface area contributed by atoms with Crippen molar-refractivity contribution in [2.75, 3.05) is 0 Å². The molecule has 6 heteroatoms. The van der Waals surface area contributed by atoms with Gasteiger partial charge in [-0.1, -0.05) is 48.6 Å². The van der Waals surface area contributed by atoms with Crippen LogP contribution in [-0.4, -0.2) is 20.9 Å². The fraction of sp³-hybridized carbons (Fsp3) is 0.0909. The Morgan fingerprint density at radius 2 is 0.964 bits per heavy atom. The third-order valence-corrected chi connectivity index (χ3v) is 4.32. The zero-order chi connectivity index (χ0) is 20.3. The molecule has 140 valence electrons. The van der Waals surface area contributed by atoms with E-state index in [2.05, 4.69) is 0 Å². The van der Waals surface area contributed by atoms with Crippen molar-refractivity contribution in [1.82, 2.24) is 9.13 Å². The van der Waals surface area contributed by atoms with Crippen LogP contribution in [0.25, 0.3) is 12.2 Å². The zero-order valence-electron chi connectivity index (χ0n) is 15.5. The van der Waals surface area contributed by atoms with E-state index in [1.54, 1.807) is 60.7 Å². The van der Waals surface area contributed by atoms with Crippen LogP contribution in [0.2, 0.25) is 0 Å². The topological polar surface area (TPSA) is 78.1 Å². The Balaban J connectivity index is 2.38. The van der Waals surface area contributed by atoms with Crippen LogP contribution in [-0.2, 0) is 0 Å². The molecule has 0 aliphatic rings. The number of aromatic nitrogens is 2. The third-order valence-electron chi connectivity index (χ3n) is 4.32. The molecule has 0 saturated carbocycles. The van der Waals surface area contributed by atoms with E-state index in [0.29, 0.717) is 0 Å². The van der Waals surface area contributed by atoms with Crippen LogP contribution in [0.1, 0.15) is 34.6 Å². The number of rotatable bonds is 2. The van der Waals surface area contributed by atoms with Crippen LogP contribution >= 0.6 is 0 Å². The van der Waals surface area contributed by atoms with Gasteiger partial charge in [0, 0.05) is 11.1 Å². The second kappa shape index (κ2) is 7.84. The molecule has 0 bridgehead atoms. The molecule has 0 aliphatic heterocycles. The minimum absolute atomic E-state index is 0.159. The second-order valence-corrected chi connectivity index (χ2v) is 5.97. The third kappa shape index (κ3) is 3.16. The fourth-order valence-corrected chi connectivity index (χ4v) is 2.97. The van der Waals surface area contributed by atoms with Crippen molar-refractivity contribution in [3.05, 3.63) is 103 Å². The molecule has 0 radical (unpaired) electrons. The summed E-state index contributed by atoms with van der Waals surface area (Å²) in [6.45, 7) is 3.08. The smallest absolute Gasteiger partial charge is 0.268 e. The van der Waals surface area contributed by atoms with Gasteiger partial charge in [-0.25, -0.2) is 9.13 Å². The SMILES string of the molecule is C/C=c1\c(=O)n(C(=O)c2ccccc2)/c(=C/C)c(=O)n1C(=O)c1ccccc1. The molecule has 0 N–H and O–H groups in total. The summed E-state index contributed by atoms with van der Waals surface area (Å²) in [7, 11) is 0. The average molecular weight is 374 g/mol. The molecule has 1 aromatic heterocycles. The number of nitrogens with zero attached hydrogens (tertiary/aromatic N) is 2. The van der Waals surface area contributed by atoms with Gasteiger partial charge in [-0.15, -0.1) is 0 Å². The van der Waals surface area contributed by atoms with E-state index in [4.69, 9.17) is 0 Å². The van der Waals surface area contributed by atoms with Gasteiger partial charge in [0.2, 0.25) is 0 Å². The van der Waals surface area contributed by atoms with Crippen LogP contribution in [0.3, 0.4) is 0 Å². The lowest BCUT2D eigenvalue weighted by atomic mass is 10.2. The highest BCUT2D eigenvalue weighted by Gasteiger charge is 2.20. The minimum atomic E-state index is -0.728. The molecular formula is C22H18N2O4. The van der Waals surface area contributed by atoms with E-state index >= 15 is 0 Å². The van der Waals surface area contributed by atoms with Crippen molar-refractivity contribution in [3.63, 3.8) is 0 Å². The lowest BCUT2D eigenvalue weighted by Crippen LogP contribution is -2.61. The molecular weight excluding hydrogens is 356 g/mol. The Hall–Kier alpha value is -3.80. The summed E-state index contributed by atoms with van der Waals surface area (Å²) in [6.07, 6.45) is 2.72. The Bertz CT molecular complexity index is 1180. The van der Waals surface area contributed by atoms with Gasteiger partial charge in [0.1, 0.15) is 10.7 Å². The first-order valence-electron chi connectivity index (χ1n) is 8.71. The number of hydrogen-bond acceptors (Lipinski definition) is 4. The average Bonchev–Trinajstić information content (AvgIpc) is 2.74. The molecule has 0 unspecified atom stereocenters. The molecule has 0 atom stereocenters. The predicted molar refractivity (Wildman–Crippen MR) is 107 cm³/mol. The summed E-state index contributed by atoms with van der Waals surface area (Å²) in [5, 5.41) is -0.317. The number of carbonyl (C=O) groups is 2. The van der Waals surface area contributed by atoms with Crippen LogP contribution in [0.15, 0.2) is 70.3 Å². The standard InChI is InChI=1S/C22H18N2O4/c1-3-17-21(27)24(20(26)16-13-9-6-10-14-16)18(4-2)22(28)23(17)19(25)15-11-7-5-8-12-15/h3-14H,1-2H3/b17-3+,18-4+. The highest BCUT2D eigenvalue weighted by molar-refractivity contribution is 5.97. The molecule has 3 aromatic rings. The van der Waals surface area contributed by atoms with Crippen molar-refractivity contribution >= 4 is 24.0 Å². The molecule has 2 aromatic carbocycles. The van der Waals surface area contributed by atoms with Gasteiger partial charge >= 0.3 is 0 Å². The van der Waals surface area contributed by atoms with Gasteiger partial charge in [0.05, 0.1) is 0 Å². The van der Waals surface area contributed by atoms with Crippen molar-refractivity contribution in [2.45, 2.75) is 13.8 Å². The Labute approximate surface area is 160 Å². The van der Waals surface area contributed by atoms with E-state index < -0.39 is 22.9 Å². The molecule has 28 heavy (non-hydrogen) atoms. The van der Waals surface area contributed by atoms with Crippen LogP contribution in [0.4, 0.5) is 0 Å². The lowest BCUT2D eigenvalue weighted by Gasteiger charge is -2.11.